The van der Waals surface area contributed by atoms with Crippen LogP contribution in [0.4, 0.5) is 15.8 Å². The van der Waals surface area contributed by atoms with Crippen LogP contribution in [0.25, 0.3) is 0 Å². The highest BCUT2D eigenvalue weighted by atomic mass is 32.2. The van der Waals surface area contributed by atoms with Crippen LogP contribution in [0.1, 0.15) is 49.5 Å². The number of benzene rings is 2. The average molecular weight is 531 g/mol. The van der Waals surface area contributed by atoms with Crippen molar-refractivity contribution in [3.05, 3.63) is 59.4 Å². The van der Waals surface area contributed by atoms with E-state index in [9.17, 15) is 22.4 Å². The Balaban J connectivity index is 1.70. The molecule has 0 saturated carbocycles. The Morgan fingerprint density at radius 2 is 1.81 bits per heavy atom. The van der Waals surface area contributed by atoms with Gasteiger partial charge in [-0.1, -0.05) is 39.3 Å². The number of piperazine rings is 1. The number of rotatable bonds is 9. The van der Waals surface area contributed by atoms with Crippen molar-refractivity contribution in [3.63, 3.8) is 0 Å². The van der Waals surface area contributed by atoms with Crippen LogP contribution in [0.5, 0.6) is 0 Å². The highest BCUT2D eigenvalue weighted by Crippen LogP contribution is 2.38. The first-order chi connectivity index (χ1) is 17.5. The Hall–Kier alpha value is -3.14. The largest absolute Gasteiger partial charge is 0.349 e. The van der Waals surface area contributed by atoms with E-state index in [4.69, 9.17) is 0 Å². The van der Waals surface area contributed by atoms with Gasteiger partial charge in [0.2, 0.25) is 15.9 Å². The van der Waals surface area contributed by atoms with Crippen LogP contribution in [-0.2, 0) is 21.2 Å². The Kier molecular flexibility index (Phi) is 7.77. The fraction of sp³-hybridized carbons (Fsp3) is 0.481. The number of nitrogens with one attached hydrogen (secondary N) is 1. The molecule has 0 aromatic heterocycles. The predicted octanol–water partition coefficient (Wildman–Crippen LogP) is 3.70. The summed E-state index contributed by atoms with van der Waals surface area (Å²) < 4.78 is 39.4. The number of sulfonamides is 1. The van der Waals surface area contributed by atoms with E-state index in [2.05, 4.69) is 23.5 Å². The Labute approximate surface area is 218 Å². The second kappa shape index (κ2) is 10.7. The van der Waals surface area contributed by atoms with Crippen molar-refractivity contribution in [2.45, 2.75) is 52.2 Å². The van der Waals surface area contributed by atoms with Gasteiger partial charge in [-0.15, -0.1) is 0 Å². The van der Waals surface area contributed by atoms with Gasteiger partial charge in [0.15, 0.2) is 0 Å². The first kappa shape index (κ1) is 26.9. The van der Waals surface area contributed by atoms with Gasteiger partial charge >= 0.3 is 0 Å². The molecule has 8 nitrogen and oxygen atoms in total. The average Bonchev–Trinajstić information content (AvgIpc) is 2.82. The van der Waals surface area contributed by atoms with E-state index in [0.29, 0.717) is 43.7 Å². The van der Waals surface area contributed by atoms with Crippen molar-refractivity contribution >= 4 is 33.2 Å². The van der Waals surface area contributed by atoms with Gasteiger partial charge in [-0.3, -0.25) is 14.3 Å². The number of amides is 2. The number of carbonyl (C=O) groups is 2. The summed E-state index contributed by atoms with van der Waals surface area (Å²) in [4.78, 5) is 33.2. The highest BCUT2D eigenvalue weighted by molar-refractivity contribution is 7.92. The van der Waals surface area contributed by atoms with Gasteiger partial charge in [0.25, 0.3) is 5.91 Å². The van der Waals surface area contributed by atoms with E-state index in [0.717, 1.165) is 23.9 Å². The van der Waals surface area contributed by atoms with Crippen molar-refractivity contribution in [1.82, 2.24) is 9.80 Å². The molecular formula is C27H35FN4O4S. The molecule has 1 N–H and O–H groups in total. The van der Waals surface area contributed by atoms with Crippen LogP contribution >= 0.6 is 0 Å². The maximum Gasteiger partial charge on any atom is 0.258 e. The van der Waals surface area contributed by atoms with E-state index in [1.165, 1.54) is 12.1 Å². The number of hydrogen-bond acceptors (Lipinski definition) is 5. The molecule has 1 saturated heterocycles. The number of hydrogen-bond donors (Lipinski definition) is 1. The number of nitrogens with zero attached hydrogens (tertiary/aromatic N) is 3. The van der Waals surface area contributed by atoms with E-state index in [1.807, 2.05) is 11.8 Å². The zero-order chi connectivity index (χ0) is 26.9. The summed E-state index contributed by atoms with van der Waals surface area (Å²) in [6.07, 6.45) is 2.58. The zero-order valence-corrected chi connectivity index (χ0v) is 22.6. The lowest BCUT2D eigenvalue weighted by atomic mass is 9.95. The lowest BCUT2D eigenvalue weighted by Crippen LogP contribution is -2.70. The Bertz CT molecular complexity index is 1270. The van der Waals surface area contributed by atoms with Crippen LogP contribution in [0.2, 0.25) is 0 Å². The molecule has 1 fully saturated rings. The van der Waals surface area contributed by atoms with Gasteiger partial charge < -0.3 is 14.7 Å². The SMILES string of the molecule is CCC[C@@H]1C(=O)N(CCc2ccc(F)cc2)C[C@H]2N(CC(C)C)c3ccc(NS(C)(=O)=O)cc3C(=O)N12. The summed E-state index contributed by atoms with van der Waals surface area (Å²) in [6.45, 7) is 7.69. The maximum absolute atomic E-state index is 13.9. The van der Waals surface area contributed by atoms with Gasteiger partial charge in [0, 0.05) is 18.8 Å². The lowest BCUT2D eigenvalue weighted by Gasteiger charge is -2.54. The molecule has 2 amide bonds. The first-order valence-electron chi connectivity index (χ1n) is 12.7. The summed E-state index contributed by atoms with van der Waals surface area (Å²) in [6, 6.07) is 10.7. The molecule has 0 bridgehead atoms. The molecule has 0 spiro atoms. The normalized spacial score (nSPS) is 19.8. The van der Waals surface area contributed by atoms with Crippen LogP contribution < -0.4 is 9.62 Å². The van der Waals surface area contributed by atoms with Crippen LogP contribution in [0.3, 0.4) is 0 Å². The Morgan fingerprint density at radius 1 is 1.11 bits per heavy atom. The summed E-state index contributed by atoms with van der Waals surface area (Å²) in [7, 11) is -3.51. The zero-order valence-electron chi connectivity index (χ0n) is 21.8. The number of halogens is 1. The molecule has 2 aliphatic heterocycles. The van der Waals surface area contributed by atoms with Crippen LogP contribution in [-0.4, -0.2) is 68.1 Å². The molecule has 2 aromatic rings. The lowest BCUT2D eigenvalue weighted by molar-refractivity contribution is -0.143. The molecule has 2 aliphatic rings. The first-order valence-corrected chi connectivity index (χ1v) is 14.6. The van der Waals surface area contributed by atoms with Gasteiger partial charge in [-0.25, -0.2) is 12.8 Å². The van der Waals surface area contributed by atoms with E-state index in [-0.39, 0.29) is 29.7 Å². The number of carbonyl (C=O) groups excluding carboxylic acids is 2. The standard InChI is InChI=1S/C27H35FN4O4S/c1-5-6-24-27(34)30(14-13-19-7-9-20(28)10-8-19)17-25-31(16-18(2)3)23-12-11-21(29-37(4,35)36)15-22(23)26(33)32(24)25/h7-12,15,18,24-25,29H,5-6,13-14,16-17H2,1-4H3/t24-,25+/m1/s1. The second-order valence-electron chi connectivity index (χ2n) is 10.3. The number of fused-ring (bicyclic) bond motifs is 2. The molecule has 2 aromatic carbocycles. The van der Waals surface area contributed by atoms with Crippen molar-refractivity contribution in [2.24, 2.45) is 5.92 Å². The molecule has 37 heavy (non-hydrogen) atoms. The summed E-state index contributed by atoms with van der Waals surface area (Å²) in [5, 5.41) is 0. The summed E-state index contributed by atoms with van der Waals surface area (Å²) >= 11 is 0. The Morgan fingerprint density at radius 3 is 2.43 bits per heavy atom. The van der Waals surface area contributed by atoms with Crippen molar-refractivity contribution in [3.8, 4) is 0 Å². The topological polar surface area (TPSA) is 90.0 Å². The third-order valence-corrected chi connectivity index (χ3v) is 7.39. The minimum absolute atomic E-state index is 0.0908. The molecule has 0 unspecified atom stereocenters. The molecule has 2 heterocycles. The van der Waals surface area contributed by atoms with E-state index >= 15 is 0 Å². The molecule has 200 valence electrons. The van der Waals surface area contributed by atoms with Crippen molar-refractivity contribution in [1.29, 1.82) is 0 Å². The van der Waals surface area contributed by atoms with Crippen molar-refractivity contribution in [2.75, 3.05) is 35.5 Å². The quantitative estimate of drug-likeness (QED) is 0.534. The fourth-order valence-corrected chi connectivity index (χ4v) is 5.79. The minimum atomic E-state index is -3.51. The van der Waals surface area contributed by atoms with Crippen LogP contribution in [0.15, 0.2) is 42.5 Å². The molecular weight excluding hydrogens is 495 g/mol. The third-order valence-electron chi connectivity index (χ3n) is 6.78. The molecule has 0 aliphatic carbocycles. The predicted molar refractivity (Wildman–Crippen MR) is 142 cm³/mol. The molecule has 2 atom stereocenters. The van der Waals surface area contributed by atoms with Gasteiger partial charge in [0.1, 0.15) is 18.0 Å². The molecule has 0 radical (unpaired) electrons. The van der Waals surface area contributed by atoms with Gasteiger partial charge in [-0.05, 0) is 54.7 Å². The van der Waals surface area contributed by atoms with Gasteiger partial charge in [-0.2, -0.15) is 0 Å². The second-order valence-corrected chi connectivity index (χ2v) is 12.1. The highest BCUT2D eigenvalue weighted by Gasteiger charge is 2.48. The maximum atomic E-state index is 13.9. The van der Waals surface area contributed by atoms with Crippen molar-refractivity contribution < 1.29 is 22.4 Å². The minimum Gasteiger partial charge on any atom is -0.349 e. The van der Waals surface area contributed by atoms with Crippen LogP contribution in [0, 0.1) is 11.7 Å². The van der Waals surface area contributed by atoms with Gasteiger partial charge in [0.05, 0.1) is 24.1 Å². The number of anilines is 2. The smallest absolute Gasteiger partial charge is 0.258 e. The molecule has 4 rings (SSSR count). The van der Waals surface area contributed by atoms with E-state index in [1.54, 1.807) is 35.2 Å². The fourth-order valence-electron chi connectivity index (χ4n) is 5.24. The summed E-state index contributed by atoms with van der Waals surface area (Å²) in [5.41, 5.74) is 2.38. The monoisotopic (exact) mass is 530 g/mol. The molecule has 10 heteroatoms. The van der Waals surface area contributed by atoms with E-state index < -0.39 is 16.1 Å². The third kappa shape index (κ3) is 5.89. The summed E-state index contributed by atoms with van der Waals surface area (Å²) in [5.74, 6) is -0.365.